The van der Waals surface area contributed by atoms with E-state index < -0.39 is 12.0 Å². The van der Waals surface area contributed by atoms with Crippen molar-refractivity contribution < 1.29 is 19.4 Å². The molecule has 0 spiro atoms. The molecule has 0 amide bonds. The molecule has 1 atom stereocenters. The number of nitrogens with zero attached hydrogens (tertiary/aromatic N) is 3. The van der Waals surface area contributed by atoms with E-state index >= 15 is 0 Å². The summed E-state index contributed by atoms with van der Waals surface area (Å²) in [7, 11) is 5.06. The van der Waals surface area contributed by atoms with Crippen molar-refractivity contribution in [1.29, 1.82) is 0 Å². The van der Waals surface area contributed by atoms with Crippen molar-refractivity contribution in [2.24, 2.45) is 0 Å². The number of H-pyrrole nitrogens is 1. The zero-order chi connectivity index (χ0) is 18.7. The minimum absolute atomic E-state index is 0.486. The Morgan fingerprint density at radius 1 is 1.31 bits per heavy atom. The van der Waals surface area contributed by atoms with Gasteiger partial charge in [0.05, 0.1) is 26.1 Å². The molecule has 1 aliphatic rings. The largest absolute Gasteiger partial charge is 0.493 e. The highest BCUT2D eigenvalue weighted by Gasteiger charge is 2.30. The van der Waals surface area contributed by atoms with E-state index in [0.29, 0.717) is 24.6 Å². The van der Waals surface area contributed by atoms with E-state index in [1.165, 1.54) is 0 Å². The van der Waals surface area contributed by atoms with Gasteiger partial charge >= 0.3 is 5.97 Å². The van der Waals surface area contributed by atoms with Gasteiger partial charge in [0.1, 0.15) is 6.04 Å². The lowest BCUT2D eigenvalue weighted by Crippen LogP contribution is -2.54. The van der Waals surface area contributed by atoms with Gasteiger partial charge in [-0.25, -0.2) is 0 Å². The topological polar surface area (TPSA) is 90.9 Å². The number of nitrogens with one attached hydrogen (secondary N) is 1. The number of carbonyl (C=O) groups is 1. The average molecular weight is 360 g/mol. The van der Waals surface area contributed by atoms with Gasteiger partial charge in [0.2, 0.25) is 0 Å². The van der Waals surface area contributed by atoms with Gasteiger partial charge in [0.15, 0.2) is 11.5 Å². The maximum absolute atomic E-state index is 11.4. The van der Waals surface area contributed by atoms with E-state index in [1.807, 2.05) is 30.1 Å². The van der Waals surface area contributed by atoms with Crippen LogP contribution in [0.1, 0.15) is 5.56 Å². The molecule has 2 heterocycles. The molecule has 140 valence electrons. The van der Waals surface area contributed by atoms with E-state index in [2.05, 4.69) is 15.1 Å². The van der Waals surface area contributed by atoms with Crippen molar-refractivity contribution in [3.8, 4) is 22.8 Å². The monoisotopic (exact) mass is 360 g/mol. The molecule has 1 unspecified atom stereocenters. The second-order valence-electron chi connectivity index (χ2n) is 6.41. The highest BCUT2D eigenvalue weighted by Crippen LogP contribution is 2.33. The number of carboxylic acid groups (broad SMARTS) is 1. The number of likely N-dealkylation sites (N-methyl/N-ethyl adjacent to an activating group) is 1. The smallest absolute Gasteiger partial charge is 0.322 e. The normalized spacial score (nSPS) is 18.7. The van der Waals surface area contributed by atoms with Crippen LogP contribution in [0, 0.1) is 0 Å². The third kappa shape index (κ3) is 3.66. The van der Waals surface area contributed by atoms with Crippen molar-refractivity contribution in [3.63, 3.8) is 0 Å². The van der Waals surface area contributed by atoms with Crippen LogP contribution in [-0.2, 0) is 11.3 Å². The van der Waals surface area contributed by atoms with Crippen LogP contribution < -0.4 is 9.47 Å². The first-order valence-electron chi connectivity index (χ1n) is 8.43. The lowest BCUT2D eigenvalue weighted by atomic mass is 10.1. The molecule has 1 aromatic heterocycles. The maximum Gasteiger partial charge on any atom is 0.322 e. The molecule has 1 fully saturated rings. The van der Waals surface area contributed by atoms with Crippen LogP contribution in [0.25, 0.3) is 11.3 Å². The van der Waals surface area contributed by atoms with Crippen molar-refractivity contribution in [1.82, 2.24) is 20.0 Å². The van der Waals surface area contributed by atoms with Gasteiger partial charge in [-0.3, -0.25) is 19.7 Å². The molecule has 26 heavy (non-hydrogen) atoms. The second kappa shape index (κ2) is 7.76. The number of aromatic amines is 1. The van der Waals surface area contributed by atoms with Gasteiger partial charge in [0.25, 0.3) is 0 Å². The van der Waals surface area contributed by atoms with Gasteiger partial charge in [-0.05, 0) is 25.2 Å². The van der Waals surface area contributed by atoms with Crippen molar-refractivity contribution in [2.75, 3.05) is 40.9 Å². The molecular formula is C18H24N4O4. The van der Waals surface area contributed by atoms with E-state index in [9.17, 15) is 9.90 Å². The van der Waals surface area contributed by atoms with Crippen molar-refractivity contribution >= 4 is 5.97 Å². The molecule has 0 saturated carbocycles. The summed E-state index contributed by atoms with van der Waals surface area (Å²) in [6.45, 7) is 2.66. The van der Waals surface area contributed by atoms with Crippen LogP contribution in [0.2, 0.25) is 0 Å². The van der Waals surface area contributed by atoms with Crippen LogP contribution in [0.3, 0.4) is 0 Å². The Balaban J connectivity index is 1.80. The Morgan fingerprint density at radius 2 is 2.08 bits per heavy atom. The third-order valence-corrected chi connectivity index (χ3v) is 4.80. The molecule has 8 nitrogen and oxygen atoms in total. The fourth-order valence-corrected chi connectivity index (χ4v) is 3.25. The van der Waals surface area contributed by atoms with Gasteiger partial charge in [-0.2, -0.15) is 5.10 Å². The van der Waals surface area contributed by atoms with Crippen LogP contribution in [0.4, 0.5) is 0 Å². The van der Waals surface area contributed by atoms with Gasteiger partial charge in [-0.15, -0.1) is 0 Å². The molecule has 1 aliphatic heterocycles. The highest BCUT2D eigenvalue weighted by atomic mass is 16.5. The van der Waals surface area contributed by atoms with E-state index in [0.717, 1.165) is 29.9 Å². The molecule has 1 saturated heterocycles. The number of carboxylic acids is 1. The molecule has 0 aliphatic carbocycles. The van der Waals surface area contributed by atoms with Crippen LogP contribution >= 0.6 is 0 Å². The lowest BCUT2D eigenvalue weighted by molar-refractivity contribution is -0.145. The molecule has 0 bridgehead atoms. The first-order valence-corrected chi connectivity index (χ1v) is 8.43. The summed E-state index contributed by atoms with van der Waals surface area (Å²) in [5, 5.41) is 16.6. The molecule has 2 aromatic rings. The van der Waals surface area contributed by atoms with Crippen LogP contribution in [-0.4, -0.2) is 78.0 Å². The molecule has 0 radical (unpaired) electrons. The summed E-state index contributed by atoms with van der Waals surface area (Å²) >= 11 is 0. The number of benzene rings is 1. The molecule has 1 aromatic carbocycles. The fraction of sp³-hybridized carbons (Fsp3) is 0.444. The summed E-state index contributed by atoms with van der Waals surface area (Å²) < 4.78 is 10.7. The molecule has 2 N–H and O–H groups in total. The quantitative estimate of drug-likeness (QED) is 0.802. The summed E-state index contributed by atoms with van der Waals surface area (Å²) in [4.78, 5) is 15.4. The van der Waals surface area contributed by atoms with Gasteiger partial charge in [0, 0.05) is 37.3 Å². The minimum atomic E-state index is -0.787. The Kier molecular flexibility index (Phi) is 5.43. The summed E-state index contributed by atoms with van der Waals surface area (Å²) in [6, 6.07) is 5.22. The summed E-state index contributed by atoms with van der Waals surface area (Å²) in [5.41, 5.74) is 2.86. The average Bonchev–Trinajstić information content (AvgIpc) is 3.10. The second-order valence-corrected chi connectivity index (χ2v) is 6.41. The number of hydrogen-bond donors (Lipinski definition) is 2. The van der Waals surface area contributed by atoms with Crippen LogP contribution in [0.5, 0.6) is 11.5 Å². The standard InChI is InChI=1S/C18H24N4O4/c1-21-6-7-22(11-14(21)18(23)24)10-13-9-19-20-17(13)12-4-5-15(25-2)16(8-12)26-3/h4-5,8-9,14H,6-7,10-11H2,1-3H3,(H,19,20)(H,23,24). The number of aromatic nitrogens is 2. The SMILES string of the molecule is COc1ccc(-c2[nH]ncc2CN2CCN(C)C(C(=O)O)C2)cc1OC. The maximum atomic E-state index is 11.4. The van der Waals surface area contributed by atoms with Gasteiger partial charge in [-0.1, -0.05) is 0 Å². The van der Waals surface area contributed by atoms with Crippen LogP contribution in [0.15, 0.2) is 24.4 Å². The van der Waals surface area contributed by atoms with Gasteiger partial charge < -0.3 is 14.6 Å². The first kappa shape index (κ1) is 18.2. The molecule has 3 rings (SSSR count). The van der Waals surface area contributed by atoms with Crippen molar-refractivity contribution in [3.05, 3.63) is 30.0 Å². The summed E-state index contributed by atoms with van der Waals surface area (Å²) in [6.07, 6.45) is 1.79. The Morgan fingerprint density at radius 3 is 2.77 bits per heavy atom. The van der Waals surface area contributed by atoms with E-state index in [-0.39, 0.29) is 0 Å². The number of aliphatic carboxylic acids is 1. The fourth-order valence-electron chi connectivity index (χ4n) is 3.25. The zero-order valence-corrected chi connectivity index (χ0v) is 15.2. The minimum Gasteiger partial charge on any atom is -0.493 e. The lowest BCUT2D eigenvalue weighted by Gasteiger charge is -2.37. The number of methoxy groups -OCH3 is 2. The Hall–Kier alpha value is -2.58. The number of rotatable bonds is 6. The third-order valence-electron chi connectivity index (χ3n) is 4.80. The Bertz CT molecular complexity index is 776. The van der Waals surface area contributed by atoms with E-state index in [1.54, 1.807) is 20.4 Å². The number of piperazine rings is 1. The number of hydrogen-bond acceptors (Lipinski definition) is 6. The predicted molar refractivity (Wildman–Crippen MR) is 96.5 cm³/mol. The summed E-state index contributed by atoms with van der Waals surface area (Å²) in [5.74, 6) is 0.529. The number of ether oxygens (including phenoxy) is 2. The van der Waals surface area contributed by atoms with Crippen molar-refractivity contribution in [2.45, 2.75) is 12.6 Å². The first-order chi connectivity index (χ1) is 12.5. The molecule has 8 heteroatoms. The van der Waals surface area contributed by atoms with E-state index in [4.69, 9.17) is 9.47 Å². The Labute approximate surface area is 152 Å². The highest BCUT2D eigenvalue weighted by molar-refractivity contribution is 5.74. The molecular weight excluding hydrogens is 336 g/mol. The zero-order valence-electron chi connectivity index (χ0n) is 15.2. The predicted octanol–water partition coefficient (Wildman–Crippen LogP) is 1.29.